The topological polar surface area (TPSA) is 66.5 Å². The minimum atomic E-state index is 0.775. The summed E-state index contributed by atoms with van der Waals surface area (Å²) in [5.41, 5.74) is 1.71. The third kappa shape index (κ3) is 2.44. The molecule has 0 aromatic carbocycles. The van der Waals surface area contributed by atoms with Gasteiger partial charge < -0.3 is 10.3 Å². The molecule has 1 aliphatic rings. The SMILES string of the molecule is c1ncc2[nH]c(CCC3CCCNC3)nc2n1. The molecule has 0 aliphatic carbocycles. The minimum Gasteiger partial charge on any atom is -0.339 e. The van der Waals surface area contributed by atoms with E-state index in [0.717, 1.165) is 35.9 Å². The number of H-pyrrole nitrogens is 1. The van der Waals surface area contributed by atoms with Crippen molar-refractivity contribution in [2.45, 2.75) is 25.7 Å². The second-order valence-corrected chi connectivity index (χ2v) is 4.69. The molecule has 0 bridgehead atoms. The molecule has 0 amide bonds. The van der Waals surface area contributed by atoms with E-state index in [1.807, 2.05) is 0 Å². The summed E-state index contributed by atoms with van der Waals surface area (Å²) in [5, 5.41) is 3.44. The van der Waals surface area contributed by atoms with E-state index in [0.29, 0.717) is 0 Å². The van der Waals surface area contributed by atoms with Crippen LogP contribution in [0, 0.1) is 5.92 Å². The first-order valence-electron chi connectivity index (χ1n) is 6.27. The number of nitrogens with one attached hydrogen (secondary N) is 2. The van der Waals surface area contributed by atoms with Crippen molar-refractivity contribution in [2.24, 2.45) is 5.92 Å². The molecular weight excluding hydrogens is 214 g/mol. The van der Waals surface area contributed by atoms with Gasteiger partial charge in [0.25, 0.3) is 0 Å². The summed E-state index contributed by atoms with van der Waals surface area (Å²) in [7, 11) is 0. The molecule has 1 fully saturated rings. The summed E-state index contributed by atoms with van der Waals surface area (Å²) in [5.74, 6) is 1.83. The van der Waals surface area contributed by atoms with E-state index in [1.54, 1.807) is 6.20 Å². The quantitative estimate of drug-likeness (QED) is 0.835. The zero-order chi connectivity index (χ0) is 11.5. The molecule has 3 rings (SSSR count). The molecule has 5 nitrogen and oxygen atoms in total. The van der Waals surface area contributed by atoms with Crippen molar-refractivity contribution in [2.75, 3.05) is 13.1 Å². The van der Waals surface area contributed by atoms with Gasteiger partial charge >= 0.3 is 0 Å². The fraction of sp³-hybridized carbons (Fsp3) is 0.583. The number of piperidine rings is 1. The Labute approximate surface area is 100 Å². The average Bonchev–Trinajstić information content (AvgIpc) is 2.80. The molecule has 5 heteroatoms. The Hall–Kier alpha value is -1.49. The van der Waals surface area contributed by atoms with Crippen molar-refractivity contribution in [1.82, 2.24) is 25.3 Å². The molecular formula is C12H17N5. The Bertz CT molecular complexity index is 453. The normalized spacial score (nSPS) is 20.8. The summed E-state index contributed by atoms with van der Waals surface area (Å²) in [6, 6.07) is 0. The number of aromatic nitrogens is 4. The van der Waals surface area contributed by atoms with Crippen molar-refractivity contribution in [3.8, 4) is 0 Å². The van der Waals surface area contributed by atoms with Crippen molar-refractivity contribution in [3.63, 3.8) is 0 Å². The third-order valence-corrected chi connectivity index (χ3v) is 3.40. The van der Waals surface area contributed by atoms with Crippen LogP contribution in [-0.2, 0) is 6.42 Å². The number of aromatic amines is 1. The molecule has 3 heterocycles. The maximum Gasteiger partial charge on any atom is 0.180 e. The van der Waals surface area contributed by atoms with Gasteiger partial charge in [-0.2, -0.15) is 0 Å². The highest BCUT2D eigenvalue weighted by molar-refractivity contribution is 5.68. The highest BCUT2D eigenvalue weighted by atomic mass is 15.0. The Balaban J connectivity index is 1.64. The van der Waals surface area contributed by atoms with E-state index in [4.69, 9.17) is 0 Å². The maximum absolute atomic E-state index is 4.47. The first-order chi connectivity index (χ1) is 8.42. The standard InChI is InChI=1S/C12H17N5/c1-2-9(6-13-5-1)3-4-11-16-10-7-14-8-15-12(10)17-11/h7-9,13H,1-6H2,(H,14,15,16,17). The zero-order valence-electron chi connectivity index (χ0n) is 9.82. The lowest BCUT2D eigenvalue weighted by molar-refractivity contribution is 0.356. The van der Waals surface area contributed by atoms with E-state index in [9.17, 15) is 0 Å². The number of hydrogen-bond acceptors (Lipinski definition) is 4. The van der Waals surface area contributed by atoms with Crippen LogP contribution in [0.4, 0.5) is 0 Å². The van der Waals surface area contributed by atoms with Gasteiger partial charge in [-0.3, -0.25) is 0 Å². The predicted molar refractivity (Wildman–Crippen MR) is 65.6 cm³/mol. The van der Waals surface area contributed by atoms with Gasteiger partial charge in [-0.25, -0.2) is 15.0 Å². The zero-order valence-corrected chi connectivity index (χ0v) is 9.82. The molecule has 0 radical (unpaired) electrons. The van der Waals surface area contributed by atoms with Gasteiger partial charge in [0.15, 0.2) is 5.65 Å². The molecule has 2 aromatic heterocycles. The first kappa shape index (κ1) is 10.7. The molecule has 2 N–H and O–H groups in total. The van der Waals surface area contributed by atoms with Crippen LogP contribution in [0.5, 0.6) is 0 Å². The lowest BCUT2D eigenvalue weighted by Crippen LogP contribution is -2.29. The molecule has 2 aromatic rings. The Kier molecular flexibility index (Phi) is 3.00. The largest absolute Gasteiger partial charge is 0.339 e. The monoisotopic (exact) mass is 231 g/mol. The van der Waals surface area contributed by atoms with E-state index in [2.05, 4.69) is 25.3 Å². The third-order valence-electron chi connectivity index (χ3n) is 3.40. The Morgan fingerprint density at radius 3 is 3.24 bits per heavy atom. The summed E-state index contributed by atoms with van der Waals surface area (Å²) in [6.45, 7) is 2.33. The van der Waals surface area contributed by atoms with Crippen molar-refractivity contribution in [3.05, 3.63) is 18.3 Å². The molecule has 0 spiro atoms. The van der Waals surface area contributed by atoms with Crippen LogP contribution in [0.3, 0.4) is 0 Å². The second-order valence-electron chi connectivity index (χ2n) is 4.69. The molecule has 1 unspecified atom stereocenters. The maximum atomic E-state index is 4.47. The fourth-order valence-electron chi connectivity index (χ4n) is 2.44. The van der Waals surface area contributed by atoms with Crippen LogP contribution in [0.1, 0.15) is 25.1 Å². The van der Waals surface area contributed by atoms with E-state index < -0.39 is 0 Å². The number of rotatable bonds is 3. The molecule has 1 atom stereocenters. The summed E-state index contributed by atoms with van der Waals surface area (Å²) < 4.78 is 0. The second kappa shape index (κ2) is 4.79. The van der Waals surface area contributed by atoms with Gasteiger partial charge in [-0.15, -0.1) is 0 Å². The lowest BCUT2D eigenvalue weighted by Gasteiger charge is -2.22. The highest BCUT2D eigenvalue weighted by Gasteiger charge is 2.13. The Morgan fingerprint density at radius 1 is 1.41 bits per heavy atom. The van der Waals surface area contributed by atoms with Gasteiger partial charge in [0.2, 0.25) is 0 Å². The minimum absolute atomic E-state index is 0.775. The lowest BCUT2D eigenvalue weighted by atomic mass is 9.95. The van der Waals surface area contributed by atoms with Crippen molar-refractivity contribution >= 4 is 11.2 Å². The van der Waals surface area contributed by atoms with E-state index in [1.165, 1.54) is 32.1 Å². The van der Waals surface area contributed by atoms with Gasteiger partial charge in [-0.1, -0.05) is 0 Å². The average molecular weight is 231 g/mol. The summed E-state index contributed by atoms with van der Waals surface area (Å²) in [6.07, 6.45) is 8.16. The molecule has 1 aliphatic heterocycles. The van der Waals surface area contributed by atoms with Gasteiger partial charge in [-0.05, 0) is 38.3 Å². The molecule has 0 saturated carbocycles. The number of aryl methyl sites for hydroxylation is 1. The van der Waals surface area contributed by atoms with E-state index >= 15 is 0 Å². The van der Waals surface area contributed by atoms with Gasteiger partial charge in [0.05, 0.1) is 6.20 Å². The first-order valence-corrected chi connectivity index (χ1v) is 6.27. The predicted octanol–water partition coefficient (Wildman–Crippen LogP) is 1.29. The molecule has 1 saturated heterocycles. The van der Waals surface area contributed by atoms with Crippen molar-refractivity contribution < 1.29 is 0 Å². The fourth-order valence-corrected chi connectivity index (χ4v) is 2.44. The van der Waals surface area contributed by atoms with Gasteiger partial charge in [0, 0.05) is 6.42 Å². The number of nitrogens with zero attached hydrogens (tertiary/aromatic N) is 3. The number of fused-ring (bicyclic) bond motifs is 1. The van der Waals surface area contributed by atoms with Gasteiger partial charge in [0.1, 0.15) is 17.7 Å². The summed E-state index contributed by atoms with van der Waals surface area (Å²) in [4.78, 5) is 15.9. The van der Waals surface area contributed by atoms with Crippen LogP contribution in [-0.4, -0.2) is 33.0 Å². The van der Waals surface area contributed by atoms with Crippen LogP contribution in [0.25, 0.3) is 11.2 Å². The van der Waals surface area contributed by atoms with Crippen molar-refractivity contribution in [1.29, 1.82) is 0 Å². The number of hydrogen-bond donors (Lipinski definition) is 2. The van der Waals surface area contributed by atoms with Crippen LogP contribution in [0.15, 0.2) is 12.5 Å². The van der Waals surface area contributed by atoms with Crippen LogP contribution in [0.2, 0.25) is 0 Å². The smallest absolute Gasteiger partial charge is 0.180 e. The van der Waals surface area contributed by atoms with Crippen LogP contribution >= 0.6 is 0 Å². The molecule has 17 heavy (non-hydrogen) atoms. The Morgan fingerprint density at radius 2 is 2.41 bits per heavy atom. The molecule has 90 valence electrons. The highest BCUT2D eigenvalue weighted by Crippen LogP contribution is 2.17. The summed E-state index contributed by atoms with van der Waals surface area (Å²) >= 11 is 0. The van der Waals surface area contributed by atoms with Crippen LogP contribution < -0.4 is 5.32 Å². The number of imidazole rings is 1. The van der Waals surface area contributed by atoms with E-state index in [-0.39, 0.29) is 0 Å².